The first kappa shape index (κ1) is 20.1. The molecular formula is C18H16F3N7OS. The number of carbonyl (C=O) groups is 1. The smallest absolute Gasteiger partial charge is 0.354 e. The Hall–Kier alpha value is -3.15. The third-order valence-corrected chi connectivity index (χ3v) is 5.33. The summed E-state index contributed by atoms with van der Waals surface area (Å²) in [6.07, 6.45) is -2.25. The van der Waals surface area contributed by atoms with Gasteiger partial charge in [0.05, 0.1) is 11.1 Å². The molecule has 0 aliphatic rings. The van der Waals surface area contributed by atoms with Crippen LogP contribution in [0.1, 0.15) is 23.0 Å². The van der Waals surface area contributed by atoms with E-state index in [1.165, 1.54) is 35.6 Å². The molecule has 0 fully saturated rings. The van der Waals surface area contributed by atoms with Gasteiger partial charge in [0.15, 0.2) is 11.3 Å². The second-order valence-corrected chi connectivity index (χ2v) is 7.57. The van der Waals surface area contributed by atoms with E-state index in [0.29, 0.717) is 33.5 Å². The maximum atomic E-state index is 13.1. The van der Waals surface area contributed by atoms with Gasteiger partial charge < -0.3 is 9.88 Å². The Morgan fingerprint density at radius 2 is 2.03 bits per heavy atom. The zero-order chi connectivity index (χ0) is 21.6. The van der Waals surface area contributed by atoms with E-state index in [4.69, 9.17) is 0 Å². The number of aromatic nitrogens is 6. The lowest BCUT2D eigenvalue weighted by Gasteiger charge is -2.05. The summed E-state index contributed by atoms with van der Waals surface area (Å²) in [5.41, 5.74) is 0.720. The quantitative estimate of drug-likeness (QED) is 0.496. The number of imidazole rings is 1. The Balaban J connectivity index is 2.00. The zero-order valence-electron chi connectivity index (χ0n) is 16.2. The molecule has 0 aromatic carbocycles. The van der Waals surface area contributed by atoms with Crippen LogP contribution in [0.25, 0.3) is 28.2 Å². The number of halogens is 3. The van der Waals surface area contributed by atoms with Crippen molar-refractivity contribution in [2.24, 2.45) is 7.05 Å². The van der Waals surface area contributed by atoms with E-state index in [0.717, 1.165) is 12.3 Å². The molecule has 30 heavy (non-hydrogen) atoms. The number of amides is 1. The Bertz CT molecular complexity index is 1280. The van der Waals surface area contributed by atoms with Gasteiger partial charge in [-0.25, -0.2) is 19.5 Å². The number of hydrogen-bond donors (Lipinski definition) is 1. The van der Waals surface area contributed by atoms with Crippen molar-refractivity contribution in [3.05, 3.63) is 35.8 Å². The number of pyridine rings is 1. The van der Waals surface area contributed by atoms with Crippen molar-refractivity contribution >= 4 is 34.5 Å². The molecule has 8 nitrogen and oxygen atoms in total. The fraction of sp³-hybridized carbons (Fsp3) is 0.278. The highest BCUT2D eigenvalue weighted by Crippen LogP contribution is 2.36. The van der Waals surface area contributed by atoms with Gasteiger partial charge >= 0.3 is 6.18 Å². The van der Waals surface area contributed by atoms with Crippen LogP contribution in [0.2, 0.25) is 0 Å². The minimum absolute atomic E-state index is 0.108. The highest BCUT2D eigenvalue weighted by Gasteiger charge is 2.32. The fourth-order valence-corrected chi connectivity index (χ4v) is 3.85. The van der Waals surface area contributed by atoms with Crippen LogP contribution in [-0.4, -0.2) is 47.8 Å². The average molecular weight is 435 g/mol. The minimum atomic E-state index is -4.52. The van der Waals surface area contributed by atoms with Crippen molar-refractivity contribution in [1.82, 2.24) is 34.4 Å². The van der Waals surface area contributed by atoms with E-state index in [2.05, 4.69) is 25.4 Å². The molecule has 0 unspecified atom stereocenters. The summed E-state index contributed by atoms with van der Waals surface area (Å²) in [6, 6.07) is 2.50. The van der Waals surface area contributed by atoms with Crippen LogP contribution in [0.5, 0.6) is 0 Å². The maximum absolute atomic E-state index is 13.1. The lowest BCUT2D eigenvalue weighted by molar-refractivity contribution is -0.137. The highest BCUT2D eigenvalue weighted by atomic mass is 32.2. The number of nitrogens with zero attached hydrogens (tertiary/aromatic N) is 6. The summed E-state index contributed by atoms with van der Waals surface area (Å²) in [5.74, 6) is 0.711. The predicted molar refractivity (Wildman–Crippen MR) is 105 cm³/mol. The van der Waals surface area contributed by atoms with Crippen molar-refractivity contribution < 1.29 is 18.0 Å². The van der Waals surface area contributed by atoms with E-state index in [9.17, 15) is 18.0 Å². The molecule has 0 spiro atoms. The summed E-state index contributed by atoms with van der Waals surface area (Å²) in [7, 11) is 3.17. The van der Waals surface area contributed by atoms with Crippen LogP contribution < -0.4 is 5.32 Å². The van der Waals surface area contributed by atoms with Gasteiger partial charge in [-0.1, -0.05) is 6.92 Å². The SMILES string of the molecule is CCSc1nn2c(C(=O)NC)ccnc2c1-c1nc2cc(C(F)(F)F)cnc2n1C. The molecule has 4 aromatic rings. The molecular weight excluding hydrogens is 419 g/mol. The summed E-state index contributed by atoms with van der Waals surface area (Å²) < 4.78 is 42.3. The summed E-state index contributed by atoms with van der Waals surface area (Å²) in [5, 5.41) is 7.64. The Kier molecular flexibility index (Phi) is 4.88. The second-order valence-electron chi connectivity index (χ2n) is 6.32. The van der Waals surface area contributed by atoms with E-state index in [-0.39, 0.29) is 17.1 Å². The fourth-order valence-electron chi connectivity index (χ4n) is 3.11. The number of carbonyl (C=O) groups excluding carboxylic acids is 1. The van der Waals surface area contributed by atoms with Gasteiger partial charge in [-0.2, -0.15) is 18.3 Å². The number of fused-ring (bicyclic) bond motifs is 2. The van der Waals surface area contributed by atoms with Crippen LogP contribution in [0, 0.1) is 0 Å². The first-order chi connectivity index (χ1) is 14.3. The third kappa shape index (κ3) is 3.16. The van der Waals surface area contributed by atoms with E-state index >= 15 is 0 Å². The number of rotatable bonds is 4. The number of aryl methyl sites for hydroxylation is 1. The van der Waals surface area contributed by atoms with Crippen LogP contribution >= 0.6 is 11.8 Å². The zero-order valence-corrected chi connectivity index (χ0v) is 17.0. The molecule has 0 aliphatic carbocycles. The molecule has 0 saturated carbocycles. The lowest BCUT2D eigenvalue weighted by Crippen LogP contribution is -2.21. The van der Waals surface area contributed by atoms with Gasteiger partial charge in [-0.3, -0.25) is 4.79 Å². The molecule has 0 aliphatic heterocycles. The molecule has 4 heterocycles. The third-order valence-electron chi connectivity index (χ3n) is 4.49. The van der Waals surface area contributed by atoms with Gasteiger partial charge in [-0.05, 0) is 17.9 Å². The Morgan fingerprint density at radius 3 is 2.70 bits per heavy atom. The monoisotopic (exact) mass is 435 g/mol. The molecule has 12 heteroatoms. The normalized spacial score (nSPS) is 12.1. The van der Waals surface area contributed by atoms with Crippen LogP contribution in [0.4, 0.5) is 13.2 Å². The standard InChI is InChI=1S/C18H16F3N7OS/c1-4-30-17-12(14-23-6-5-11(16(29)22-2)28(14)26-17)15-25-10-7-9(18(19,20)21)8-24-13(10)27(15)3/h5-8H,4H2,1-3H3,(H,22,29). The first-order valence-corrected chi connectivity index (χ1v) is 9.87. The molecule has 0 radical (unpaired) electrons. The molecule has 0 saturated heterocycles. The second kappa shape index (κ2) is 7.27. The molecule has 156 valence electrons. The number of nitrogens with one attached hydrogen (secondary N) is 1. The van der Waals surface area contributed by atoms with Crippen molar-refractivity contribution in [2.75, 3.05) is 12.8 Å². The molecule has 4 rings (SSSR count). The number of thioether (sulfide) groups is 1. The van der Waals surface area contributed by atoms with Gasteiger partial charge in [0.25, 0.3) is 5.91 Å². The Morgan fingerprint density at radius 1 is 1.27 bits per heavy atom. The van der Waals surface area contributed by atoms with Gasteiger partial charge in [0, 0.05) is 26.5 Å². The predicted octanol–water partition coefficient (Wildman–Crippen LogP) is 3.17. The minimum Gasteiger partial charge on any atom is -0.354 e. The van der Waals surface area contributed by atoms with Crippen molar-refractivity contribution in [3.63, 3.8) is 0 Å². The molecule has 0 atom stereocenters. The molecule has 0 bridgehead atoms. The molecule has 4 aromatic heterocycles. The summed E-state index contributed by atoms with van der Waals surface area (Å²) >= 11 is 1.42. The van der Waals surface area contributed by atoms with E-state index in [1.807, 2.05) is 6.92 Å². The Labute approximate surface area is 172 Å². The molecule has 1 amide bonds. The summed E-state index contributed by atoms with van der Waals surface area (Å²) in [6.45, 7) is 1.94. The van der Waals surface area contributed by atoms with Gasteiger partial charge in [-0.15, -0.1) is 11.8 Å². The van der Waals surface area contributed by atoms with Crippen molar-refractivity contribution in [3.8, 4) is 11.4 Å². The largest absolute Gasteiger partial charge is 0.417 e. The van der Waals surface area contributed by atoms with Gasteiger partial charge in [0.2, 0.25) is 0 Å². The van der Waals surface area contributed by atoms with Crippen LogP contribution in [0.3, 0.4) is 0 Å². The number of alkyl halides is 3. The molecule has 1 N–H and O–H groups in total. The van der Waals surface area contributed by atoms with Gasteiger partial charge in [0.1, 0.15) is 22.1 Å². The van der Waals surface area contributed by atoms with Crippen molar-refractivity contribution in [1.29, 1.82) is 0 Å². The van der Waals surface area contributed by atoms with Crippen molar-refractivity contribution in [2.45, 2.75) is 18.1 Å². The van der Waals surface area contributed by atoms with Crippen LogP contribution in [-0.2, 0) is 13.2 Å². The first-order valence-electron chi connectivity index (χ1n) is 8.89. The average Bonchev–Trinajstić information content (AvgIpc) is 3.23. The van der Waals surface area contributed by atoms with Crippen LogP contribution in [0.15, 0.2) is 29.6 Å². The maximum Gasteiger partial charge on any atom is 0.417 e. The highest BCUT2D eigenvalue weighted by molar-refractivity contribution is 7.99. The topological polar surface area (TPSA) is 90.0 Å². The van der Waals surface area contributed by atoms with E-state index in [1.54, 1.807) is 11.6 Å². The van der Waals surface area contributed by atoms with E-state index < -0.39 is 11.7 Å². The number of hydrogen-bond acceptors (Lipinski definition) is 6. The lowest BCUT2D eigenvalue weighted by atomic mass is 10.2. The summed E-state index contributed by atoms with van der Waals surface area (Å²) in [4.78, 5) is 25.0.